The van der Waals surface area contributed by atoms with E-state index >= 15 is 17.6 Å². The minimum atomic E-state index is -0.928. The second kappa shape index (κ2) is 35.3. The predicted molar refractivity (Wildman–Crippen MR) is 606 cm³/mol. The normalized spacial score (nSPS) is 16.1. The van der Waals surface area contributed by atoms with Gasteiger partial charge < -0.3 is 19.6 Å². The lowest BCUT2D eigenvalue weighted by Gasteiger charge is -2.37. The monoisotopic (exact) mass is 1940 g/mol. The van der Waals surface area contributed by atoms with Crippen molar-refractivity contribution in [3.63, 3.8) is 0 Å². The Labute approximate surface area is 871 Å². The molecule has 0 fully saturated rings. The number of fused-ring (bicyclic) bond motifs is 12. The van der Waals surface area contributed by atoms with E-state index < -0.39 is 16.2 Å². The fourth-order valence-corrected chi connectivity index (χ4v) is 25.1. The molecule has 149 heavy (non-hydrogen) atoms. The highest BCUT2D eigenvalue weighted by Gasteiger charge is 2.52. The van der Waals surface area contributed by atoms with Crippen molar-refractivity contribution in [1.29, 1.82) is 0 Å². The molecule has 6 aliphatic rings. The molecule has 26 rings (SSSR count). The molecule has 0 spiro atoms. The molecule has 2 atom stereocenters. The van der Waals surface area contributed by atoms with Crippen LogP contribution in [-0.4, -0.2) is 0 Å². The first-order chi connectivity index (χ1) is 72.3. The van der Waals surface area contributed by atoms with Crippen LogP contribution < -0.4 is 19.6 Å². The van der Waals surface area contributed by atoms with E-state index in [1.807, 2.05) is 48.5 Å². The number of anilines is 12. The van der Waals surface area contributed by atoms with Crippen molar-refractivity contribution in [2.45, 2.75) is 133 Å². The summed E-state index contributed by atoms with van der Waals surface area (Å²) in [5.41, 5.74) is 45.4. The van der Waals surface area contributed by atoms with Crippen LogP contribution in [0.1, 0.15) is 179 Å². The van der Waals surface area contributed by atoms with Crippen LogP contribution in [-0.2, 0) is 71.0 Å². The molecule has 0 aromatic heterocycles. The first-order valence-electron chi connectivity index (χ1n) is 52.4. The first-order valence-corrected chi connectivity index (χ1v) is 52.4. The van der Waals surface area contributed by atoms with E-state index in [1.165, 1.54) is 117 Å². The maximum Gasteiger partial charge on any atom is 0.123 e. The third-order valence-electron chi connectivity index (χ3n) is 33.2. The zero-order chi connectivity index (χ0) is 101. The van der Waals surface area contributed by atoms with Gasteiger partial charge in [0, 0.05) is 68.2 Å². The minimum Gasteiger partial charge on any atom is -0.310 e. The van der Waals surface area contributed by atoms with Gasteiger partial charge in [-0.15, -0.1) is 0 Å². The van der Waals surface area contributed by atoms with E-state index in [4.69, 9.17) is 0 Å². The van der Waals surface area contributed by atoms with E-state index in [0.717, 1.165) is 162 Å². The molecule has 4 nitrogen and oxygen atoms in total. The lowest BCUT2D eigenvalue weighted by molar-refractivity contribution is 0.589. The van der Waals surface area contributed by atoms with Crippen LogP contribution in [0.5, 0.6) is 0 Å². The molecule has 20 aromatic rings. The Kier molecular flexibility index (Phi) is 21.8. The molecule has 0 N–H and O–H groups in total. The summed E-state index contributed by atoms with van der Waals surface area (Å²) in [6, 6.07) is 157. The van der Waals surface area contributed by atoms with Crippen molar-refractivity contribution in [1.82, 2.24) is 0 Å². The van der Waals surface area contributed by atoms with Gasteiger partial charge in [0.1, 0.15) is 23.3 Å². The number of rotatable bonds is 20. The Balaban J connectivity index is 0.556. The van der Waals surface area contributed by atoms with Crippen LogP contribution in [0.2, 0.25) is 0 Å². The summed E-state index contributed by atoms with van der Waals surface area (Å²) in [4.78, 5) is 9.00. The highest BCUT2D eigenvalue weighted by atomic mass is 19.1. The molecule has 0 saturated heterocycles. The minimum absolute atomic E-state index is 0.0386. The van der Waals surface area contributed by atoms with E-state index in [0.29, 0.717) is 0 Å². The molecule has 20 aromatic carbocycles. The molecule has 0 aliphatic heterocycles. The number of hydrogen-bond donors (Lipinski definition) is 0. The van der Waals surface area contributed by atoms with Crippen molar-refractivity contribution in [3.05, 3.63) is 583 Å². The Bertz CT molecular complexity index is 8220. The van der Waals surface area contributed by atoms with E-state index in [2.05, 4.69) is 428 Å². The topological polar surface area (TPSA) is 13.0 Å². The van der Waals surface area contributed by atoms with Gasteiger partial charge in [0.05, 0.1) is 16.2 Å². The van der Waals surface area contributed by atoms with Crippen LogP contribution in [0.15, 0.2) is 443 Å². The smallest absolute Gasteiger partial charge is 0.123 e. The Morgan fingerprint density at radius 2 is 0.356 bits per heavy atom. The number of hydrogen-bond acceptors (Lipinski definition) is 4. The van der Waals surface area contributed by atoms with E-state index in [1.54, 1.807) is 48.5 Å². The van der Waals surface area contributed by atoms with Crippen LogP contribution >= 0.6 is 0 Å². The standard InChI is InChI=1S/C141H112F4N4/c1-136(2,3)99-38-44-102(45-39-99)139(105-35-24-93-18-21-96(93)82-105)130-16-12-10-14-124(130)126-78-74-120(85-132(126)139)146(116-66-50-108(142)51-67-116)112-58-27-89(28-59-112)91-31-62-114(63-32-91)148(118-70-54-110(144)55-71-118)122-76-80-128-129-81-77-123(88-135(129)141(134(128)87-122,107-37-26-95-20-23-98(95)84-107)104-48-42-101(43-49-104)138(7,8)9)149(119-72-56-111(145)57-73-119)115-64-33-92(34-65-115)90-29-60-113(61-30-90)147(117-68-52-109(143)53-69-117)121-75-79-127-125-15-11-13-17-131(125)140(133(127)86-121,106-36-25-94-19-22-97(94)83-106)103-46-40-100(41-47-103)137(4,5)6/h10-17,24-88H,18-23H2,1-9H3. The van der Waals surface area contributed by atoms with Gasteiger partial charge in [0.25, 0.3) is 0 Å². The molecule has 0 radical (unpaired) electrons. The molecule has 0 amide bonds. The van der Waals surface area contributed by atoms with Crippen LogP contribution in [0, 0.1) is 23.3 Å². The third kappa shape index (κ3) is 15.3. The van der Waals surface area contributed by atoms with Gasteiger partial charge in [-0.3, -0.25) is 0 Å². The van der Waals surface area contributed by atoms with E-state index in [9.17, 15) is 0 Å². The molecular formula is C141H112F4N4. The van der Waals surface area contributed by atoms with Crippen molar-refractivity contribution >= 4 is 68.2 Å². The van der Waals surface area contributed by atoms with Crippen molar-refractivity contribution in [3.8, 4) is 55.6 Å². The largest absolute Gasteiger partial charge is 0.310 e. The molecule has 2 unspecified atom stereocenters. The highest BCUT2D eigenvalue weighted by molar-refractivity contribution is 5.96. The molecule has 0 saturated carbocycles. The summed E-state index contributed by atoms with van der Waals surface area (Å²) in [6.07, 6.45) is 6.28. The molecule has 724 valence electrons. The average Bonchev–Trinajstić information content (AvgIpc) is 1.54. The quantitative estimate of drug-likeness (QED) is 0.0705. The molecule has 0 bridgehead atoms. The Hall–Kier alpha value is -16.7. The molecule has 6 aliphatic carbocycles. The van der Waals surface area contributed by atoms with Gasteiger partial charge in [-0.1, -0.05) is 311 Å². The van der Waals surface area contributed by atoms with Gasteiger partial charge in [-0.25, -0.2) is 17.6 Å². The second-order valence-electron chi connectivity index (χ2n) is 44.6. The van der Waals surface area contributed by atoms with Crippen molar-refractivity contribution in [2.24, 2.45) is 0 Å². The summed E-state index contributed by atoms with van der Waals surface area (Å²) in [6.45, 7) is 20.4. The lowest BCUT2D eigenvalue weighted by Crippen LogP contribution is -2.30. The number of halogens is 4. The summed E-state index contributed by atoms with van der Waals surface area (Å²) in [7, 11) is 0. The van der Waals surface area contributed by atoms with Crippen LogP contribution in [0.25, 0.3) is 55.6 Å². The fraction of sp³-hybridized carbons (Fsp3) is 0.149. The molecule has 8 heteroatoms. The van der Waals surface area contributed by atoms with Crippen molar-refractivity contribution < 1.29 is 17.6 Å². The maximum absolute atomic E-state index is 15.6. The maximum atomic E-state index is 15.6. The lowest BCUT2D eigenvalue weighted by atomic mass is 9.66. The summed E-state index contributed by atoms with van der Waals surface area (Å²) < 4.78 is 61.9. The number of benzene rings is 20. The average molecular weight is 1940 g/mol. The zero-order valence-corrected chi connectivity index (χ0v) is 85.2. The Morgan fingerprint density at radius 3 is 0.564 bits per heavy atom. The summed E-state index contributed by atoms with van der Waals surface area (Å²) in [5, 5.41) is 0. The highest BCUT2D eigenvalue weighted by Crippen LogP contribution is 2.64. The number of nitrogens with zero attached hydrogens (tertiary/aromatic N) is 4. The van der Waals surface area contributed by atoms with Crippen LogP contribution in [0.4, 0.5) is 85.8 Å². The van der Waals surface area contributed by atoms with Gasteiger partial charge >= 0.3 is 0 Å². The van der Waals surface area contributed by atoms with Crippen LogP contribution in [0.3, 0.4) is 0 Å². The van der Waals surface area contributed by atoms with E-state index in [-0.39, 0.29) is 39.5 Å². The van der Waals surface area contributed by atoms with Gasteiger partial charge in [-0.05, 0) is 421 Å². The Morgan fingerprint density at radius 1 is 0.168 bits per heavy atom. The predicted octanol–water partition coefficient (Wildman–Crippen LogP) is 36.7. The summed E-state index contributed by atoms with van der Waals surface area (Å²) >= 11 is 0. The molecule has 0 heterocycles. The third-order valence-corrected chi connectivity index (χ3v) is 33.2. The first kappa shape index (κ1) is 92.2. The van der Waals surface area contributed by atoms with Gasteiger partial charge in [0.2, 0.25) is 0 Å². The molecular weight excluding hydrogens is 1830 g/mol. The second-order valence-corrected chi connectivity index (χ2v) is 44.6. The number of aryl methyl sites for hydroxylation is 6. The SMILES string of the molecule is CC(C)(C)c1ccc(C2(c3ccc4c(c3)CC4)c3ccccc3-c3ccc(N(c4ccc(F)cc4)c4ccc(-c5ccc(N(c6ccc(F)cc6)c6ccc7c(c6)C(c6ccc(C(C)(C)C)cc6)(c6ccc8c(c6)CC8)c6cc(N(c8ccc(F)cc8)c8ccc(-c9ccc(N(c%10ccc(F)cc%10)c%10ccc%11c(c%10)C(c%10ccc(C(C)(C)C)cc%10)(c%10ccc%12c(c%10)CC%12)c%10ccccc%10-%11)cc9)cc8)ccc6-7)cc5)cc4)cc32)cc1. The fourth-order valence-electron chi connectivity index (χ4n) is 25.1. The zero-order valence-electron chi connectivity index (χ0n) is 85.2. The summed E-state index contributed by atoms with van der Waals surface area (Å²) in [5.74, 6) is -1.28. The van der Waals surface area contributed by atoms with Gasteiger partial charge in [-0.2, -0.15) is 0 Å². The van der Waals surface area contributed by atoms with Gasteiger partial charge in [0.15, 0.2) is 0 Å². The van der Waals surface area contributed by atoms with Crippen molar-refractivity contribution in [2.75, 3.05) is 19.6 Å².